The van der Waals surface area contributed by atoms with E-state index in [2.05, 4.69) is 5.32 Å². The van der Waals surface area contributed by atoms with Gasteiger partial charge in [0.05, 0.1) is 5.92 Å². The second-order valence-corrected chi connectivity index (χ2v) is 7.30. The van der Waals surface area contributed by atoms with Gasteiger partial charge in [0.25, 0.3) is 5.91 Å². The molecule has 0 bridgehead atoms. The van der Waals surface area contributed by atoms with Crippen molar-refractivity contribution in [1.29, 1.82) is 0 Å². The van der Waals surface area contributed by atoms with Crippen LogP contribution in [-0.4, -0.2) is 47.4 Å². The maximum atomic E-state index is 12.5. The first-order chi connectivity index (χ1) is 10.9. The number of benzene rings is 1. The van der Waals surface area contributed by atoms with E-state index >= 15 is 0 Å². The minimum absolute atomic E-state index is 0.0650. The van der Waals surface area contributed by atoms with E-state index in [1.165, 1.54) is 0 Å². The van der Waals surface area contributed by atoms with Crippen molar-refractivity contribution in [2.24, 2.45) is 11.7 Å². The molecule has 3 N–H and O–H groups in total. The Morgan fingerprint density at radius 3 is 2.48 bits per heavy atom. The molecule has 1 aromatic carbocycles. The van der Waals surface area contributed by atoms with E-state index in [0.717, 1.165) is 35.8 Å². The maximum Gasteiger partial charge on any atom is 0.253 e. The van der Waals surface area contributed by atoms with Crippen molar-refractivity contribution in [3.05, 3.63) is 29.3 Å². The SMILES string of the molecule is Cc1cc(C(=O)N2CCSCC2)ccc1NC(=O)C(C)C(C)N. The Bertz CT molecular complexity index is 583. The summed E-state index contributed by atoms with van der Waals surface area (Å²) in [5, 5.41) is 2.89. The van der Waals surface area contributed by atoms with Crippen LogP contribution in [0.15, 0.2) is 18.2 Å². The quantitative estimate of drug-likeness (QED) is 0.883. The third-order valence-corrected chi connectivity index (χ3v) is 5.17. The van der Waals surface area contributed by atoms with Crippen LogP contribution in [0.25, 0.3) is 0 Å². The molecule has 1 aliphatic heterocycles. The summed E-state index contributed by atoms with van der Waals surface area (Å²) in [4.78, 5) is 26.5. The van der Waals surface area contributed by atoms with Crippen LogP contribution < -0.4 is 11.1 Å². The van der Waals surface area contributed by atoms with Crippen LogP contribution in [-0.2, 0) is 4.79 Å². The van der Waals surface area contributed by atoms with Crippen LogP contribution in [0.4, 0.5) is 5.69 Å². The first-order valence-corrected chi connectivity index (χ1v) is 9.09. The summed E-state index contributed by atoms with van der Waals surface area (Å²) in [5.74, 6) is 1.69. The Kier molecular flexibility index (Phi) is 6.07. The van der Waals surface area contributed by atoms with Crippen LogP contribution in [0.2, 0.25) is 0 Å². The lowest BCUT2D eigenvalue weighted by atomic mass is 10.0. The van der Waals surface area contributed by atoms with E-state index in [1.807, 2.05) is 43.5 Å². The van der Waals surface area contributed by atoms with Crippen LogP contribution in [0.1, 0.15) is 29.8 Å². The highest BCUT2D eigenvalue weighted by Gasteiger charge is 2.20. The van der Waals surface area contributed by atoms with Crippen LogP contribution >= 0.6 is 11.8 Å². The number of nitrogens with one attached hydrogen (secondary N) is 1. The molecule has 1 saturated heterocycles. The molecule has 23 heavy (non-hydrogen) atoms. The molecule has 2 rings (SSSR count). The molecule has 5 nitrogen and oxygen atoms in total. The van der Waals surface area contributed by atoms with Gasteiger partial charge >= 0.3 is 0 Å². The summed E-state index contributed by atoms with van der Waals surface area (Å²) in [6.45, 7) is 7.12. The predicted molar refractivity (Wildman–Crippen MR) is 95.9 cm³/mol. The number of aryl methyl sites for hydroxylation is 1. The number of rotatable bonds is 4. The van der Waals surface area contributed by atoms with Crippen LogP contribution in [0, 0.1) is 12.8 Å². The standard InChI is InChI=1S/C17H25N3O2S/c1-11-10-14(17(22)20-6-8-23-9-7-20)4-5-15(11)19-16(21)12(2)13(3)18/h4-5,10,12-13H,6-9,18H2,1-3H3,(H,19,21). The molecule has 0 aromatic heterocycles. The maximum absolute atomic E-state index is 12.5. The second-order valence-electron chi connectivity index (χ2n) is 6.07. The molecule has 0 aliphatic carbocycles. The van der Waals surface area contributed by atoms with Gasteiger partial charge < -0.3 is 16.0 Å². The summed E-state index contributed by atoms with van der Waals surface area (Å²) in [6.07, 6.45) is 0. The fraction of sp³-hybridized carbons (Fsp3) is 0.529. The van der Waals surface area contributed by atoms with Gasteiger partial charge in [-0.25, -0.2) is 0 Å². The molecule has 2 amide bonds. The highest BCUT2D eigenvalue weighted by molar-refractivity contribution is 7.99. The molecular formula is C17H25N3O2S. The van der Waals surface area contributed by atoms with Gasteiger partial charge in [0.15, 0.2) is 0 Å². The predicted octanol–water partition coefficient (Wildman–Crippen LogP) is 2.11. The second kappa shape index (κ2) is 7.84. The zero-order chi connectivity index (χ0) is 17.0. The van der Waals surface area contributed by atoms with E-state index < -0.39 is 0 Å². The van der Waals surface area contributed by atoms with Gasteiger partial charge in [-0.3, -0.25) is 9.59 Å². The molecule has 126 valence electrons. The highest BCUT2D eigenvalue weighted by atomic mass is 32.2. The lowest BCUT2D eigenvalue weighted by molar-refractivity contribution is -0.119. The van der Waals surface area contributed by atoms with E-state index in [0.29, 0.717) is 5.56 Å². The van der Waals surface area contributed by atoms with Crippen molar-refractivity contribution in [3.8, 4) is 0 Å². The summed E-state index contributed by atoms with van der Waals surface area (Å²) >= 11 is 1.88. The number of hydrogen-bond acceptors (Lipinski definition) is 4. The molecular weight excluding hydrogens is 310 g/mol. The van der Waals surface area contributed by atoms with Gasteiger partial charge in [-0.1, -0.05) is 6.92 Å². The largest absolute Gasteiger partial charge is 0.337 e. The summed E-state index contributed by atoms with van der Waals surface area (Å²) < 4.78 is 0. The number of nitrogens with zero attached hydrogens (tertiary/aromatic N) is 1. The minimum atomic E-state index is -0.262. The topological polar surface area (TPSA) is 75.4 Å². The molecule has 1 heterocycles. The molecule has 6 heteroatoms. The van der Waals surface area contributed by atoms with Crippen molar-refractivity contribution in [2.45, 2.75) is 26.8 Å². The number of anilines is 1. The van der Waals surface area contributed by atoms with E-state index in [1.54, 1.807) is 12.1 Å². The number of carbonyl (C=O) groups excluding carboxylic acids is 2. The first kappa shape index (κ1) is 17.8. The Labute approximate surface area is 142 Å². The molecule has 1 aliphatic rings. The molecule has 0 radical (unpaired) electrons. The lowest BCUT2D eigenvalue weighted by Gasteiger charge is -2.26. The fourth-order valence-electron chi connectivity index (χ4n) is 2.37. The Morgan fingerprint density at radius 1 is 1.26 bits per heavy atom. The normalized spacial score (nSPS) is 17.5. The summed E-state index contributed by atoms with van der Waals surface area (Å²) in [7, 11) is 0. The van der Waals surface area contributed by atoms with Crippen molar-refractivity contribution >= 4 is 29.3 Å². The molecule has 0 saturated carbocycles. The highest BCUT2D eigenvalue weighted by Crippen LogP contribution is 2.20. The third kappa shape index (κ3) is 4.48. The number of nitrogens with two attached hydrogens (primary N) is 1. The van der Waals surface area contributed by atoms with Gasteiger partial charge in [0.2, 0.25) is 5.91 Å². The summed E-state index contributed by atoms with van der Waals surface area (Å²) in [5.41, 5.74) is 8.05. The average Bonchev–Trinajstić information content (AvgIpc) is 2.55. The third-order valence-electron chi connectivity index (χ3n) is 4.23. The zero-order valence-electron chi connectivity index (χ0n) is 14.0. The molecule has 2 unspecified atom stereocenters. The number of amides is 2. The van der Waals surface area contributed by atoms with Gasteiger partial charge in [-0.05, 0) is 37.6 Å². The number of thioether (sulfide) groups is 1. The average molecular weight is 335 g/mol. The van der Waals surface area contributed by atoms with E-state index in [-0.39, 0.29) is 23.8 Å². The van der Waals surface area contributed by atoms with Crippen LogP contribution in [0.5, 0.6) is 0 Å². The van der Waals surface area contributed by atoms with Gasteiger partial charge in [-0.2, -0.15) is 11.8 Å². The van der Waals surface area contributed by atoms with Crippen molar-refractivity contribution in [2.75, 3.05) is 29.9 Å². The molecule has 0 spiro atoms. The van der Waals surface area contributed by atoms with Crippen LogP contribution in [0.3, 0.4) is 0 Å². The minimum Gasteiger partial charge on any atom is -0.337 e. The Balaban J connectivity index is 2.08. The monoisotopic (exact) mass is 335 g/mol. The van der Waals surface area contributed by atoms with Gasteiger partial charge in [0, 0.05) is 41.9 Å². The van der Waals surface area contributed by atoms with Crippen molar-refractivity contribution < 1.29 is 9.59 Å². The summed E-state index contributed by atoms with van der Waals surface area (Å²) in [6, 6.07) is 5.22. The molecule has 1 aromatic rings. The van der Waals surface area contributed by atoms with Crippen molar-refractivity contribution in [1.82, 2.24) is 4.90 Å². The molecule has 1 fully saturated rings. The van der Waals surface area contributed by atoms with E-state index in [9.17, 15) is 9.59 Å². The zero-order valence-corrected chi connectivity index (χ0v) is 14.8. The van der Waals surface area contributed by atoms with E-state index in [4.69, 9.17) is 5.73 Å². The smallest absolute Gasteiger partial charge is 0.253 e. The Hall–Kier alpha value is -1.53. The fourth-order valence-corrected chi connectivity index (χ4v) is 3.27. The Morgan fingerprint density at radius 2 is 1.91 bits per heavy atom. The first-order valence-electron chi connectivity index (χ1n) is 7.94. The lowest BCUT2D eigenvalue weighted by Crippen LogP contribution is -2.38. The van der Waals surface area contributed by atoms with Crippen molar-refractivity contribution in [3.63, 3.8) is 0 Å². The van der Waals surface area contributed by atoms with Gasteiger partial charge in [0.1, 0.15) is 0 Å². The molecule has 2 atom stereocenters. The number of hydrogen-bond donors (Lipinski definition) is 2. The number of carbonyl (C=O) groups is 2. The van der Waals surface area contributed by atoms with Gasteiger partial charge in [-0.15, -0.1) is 0 Å².